The molecule has 0 radical (unpaired) electrons. The quantitative estimate of drug-likeness (QED) is 0.875. The van der Waals surface area contributed by atoms with Crippen molar-refractivity contribution in [3.05, 3.63) is 65.2 Å². The predicted molar refractivity (Wildman–Crippen MR) is 91.5 cm³/mol. The molecule has 0 saturated carbocycles. The first-order chi connectivity index (χ1) is 12.0. The number of nitrogens with zero attached hydrogens (tertiary/aromatic N) is 1. The molecular formula is C19H20F2N2O2. The Balaban J connectivity index is 1.62. The lowest BCUT2D eigenvalue weighted by molar-refractivity contribution is 0.0916. The van der Waals surface area contributed by atoms with Crippen molar-refractivity contribution in [2.75, 3.05) is 24.5 Å². The molecule has 0 unspecified atom stereocenters. The average Bonchev–Trinajstić information content (AvgIpc) is 3.13. The third-order valence-electron chi connectivity index (χ3n) is 4.35. The van der Waals surface area contributed by atoms with E-state index in [2.05, 4.69) is 5.32 Å². The van der Waals surface area contributed by atoms with Crippen molar-refractivity contribution in [3.63, 3.8) is 0 Å². The van der Waals surface area contributed by atoms with Gasteiger partial charge in [-0.3, -0.25) is 4.79 Å². The van der Waals surface area contributed by atoms with Crippen LogP contribution in [0.1, 0.15) is 34.9 Å². The minimum absolute atomic E-state index is 0.0855. The fourth-order valence-electron chi connectivity index (χ4n) is 2.99. The van der Waals surface area contributed by atoms with E-state index < -0.39 is 23.6 Å². The summed E-state index contributed by atoms with van der Waals surface area (Å²) in [6.45, 7) is 1.56. The van der Waals surface area contributed by atoms with Crippen LogP contribution < -0.4 is 10.2 Å². The van der Waals surface area contributed by atoms with Crippen LogP contribution in [-0.2, 0) is 0 Å². The third-order valence-corrected chi connectivity index (χ3v) is 4.35. The van der Waals surface area contributed by atoms with Gasteiger partial charge in [0.2, 0.25) is 0 Å². The molecule has 25 heavy (non-hydrogen) atoms. The second-order valence-electron chi connectivity index (χ2n) is 6.14. The Kier molecular flexibility index (Phi) is 5.28. The highest BCUT2D eigenvalue weighted by atomic mass is 19.1. The summed E-state index contributed by atoms with van der Waals surface area (Å²) >= 11 is 0. The van der Waals surface area contributed by atoms with Crippen LogP contribution in [0.3, 0.4) is 0 Å². The van der Waals surface area contributed by atoms with E-state index in [1.807, 2.05) is 4.90 Å². The number of hydrogen-bond donors (Lipinski definition) is 2. The normalized spacial score (nSPS) is 15.2. The number of anilines is 1. The molecule has 0 aromatic heterocycles. The van der Waals surface area contributed by atoms with Gasteiger partial charge >= 0.3 is 0 Å². The summed E-state index contributed by atoms with van der Waals surface area (Å²) in [5.41, 5.74) is 1.07. The van der Waals surface area contributed by atoms with Crippen LogP contribution in [-0.4, -0.2) is 30.6 Å². The summed E-state index contributed by atoms with van der Waals surface area (Å²) in [6, 6.07) is 9.93. The summed E-state index contributed by atoms with van der Waals surface area (Å²) < 4.78 is 27.4. The average molecular weight is 346 g/mol. The second kappa shape index (κ2) is 7.61. The first kappa shape index (κ1) is 17.4. The number of aliphatic hydroxyl groups excluding tert-OH is 1. The van der Waals surface area contributed by atoms with E-state index in [4.69, 9.17) is 0 Å². The van der Waals surface area contributed by atoms with Crippen molar-refractivity contribution in [3.8, 4) is 0 Å². The molecule has 2 aromatic rings. The predicted octanol–water partition coefficient (Wildman–Crippen LogP) is 3.03. The van der Waals surface area contributed by atoms with Crippen LogP contribution in [0.2, 0.25) is 0 Å². The van der Waals surface area contributed by atoms with Crippen LogP contribution in [0.5, 0.6) is 0 Å². The van der Waals surface area contributed by atoms with E-state index >= 15 is 0 Å². The lowest BCUT2D eigenvalue weighted by atomic mass is 10.1. The van der Waals surface area contributed by atoms with Gasteiger partial charge in [0.1, 0.15) is 11.6 Å². The Morgan fingerprint density at radius 3 is 2.60 bits per heavy atom. The van der Waals surface area contributed by atoms with Gasteiger partial charge in [-0.05, 0) is 48.7 Å². The van der Waals surface area contributed by atoms with Crippen molar-refractivity contribution in [2.24, 2.45) is 0 Å². The zero-order valence-corrected chi connectivity index (χ0v) is 13.7. The Morgan fingerprint density at radius 1 is 1.16 bits per heavy atom. The van der Waals surface area contributed by atoms with Crippen LogP contribution >= 0.6 is 0 Å². The van der Waals surface area contributed by atoms with Gasteiger partial charge in [-0.25, -0.2) is 8.78 Å². The number of nitrogens with one attached hydrogen (secondary N) is 1. The molecule has 0 spiro atoms. The number of carbonyl (C=O) groups excluding carboxylic acids is 1. The first-order valence-corrected chi connectivity index (χ1v) is 8.31. The lowest BCUT2D eigenvalue weighted by Crippen LogP contribution is -2.28. The fraction of sp³-hybridized carbons (Fsp3) is 0.316. The minimum atomic E-state index is -1.03. The van der Waals surface area contributed by atoms with E-state index in [-0.39, 0.29) is 12.1 Å². The molecule has 0 aliphatic carbocycles. The van der Waals surface area contributed by atoms with E-state index in [0.29, 0.717) is 11.3 Å². The van der Waals surface area contributed by atoms with Gasteiger partial charge < -0.3 is 15.3 Å². The number of carbonyl (C=O) groups is 1. The molecule has 1 saturated heterocycles. The van der Waals surface area contributed by atoms with Crippen molar-refractivity contribution >= 4 is 11.6 Å². The summed E-state index contributed by atoms with van der Waals surface area (Å²) in [4.78, 5) is 14.1. The van der Waals surface area contributed by atoms with Gasteiger partial charge in [-0.1, -0.05) is 12.1 Å². The van der Waals surface area contributed by atoms with E-state index in [0.717, 1.165) is 25.9 Å². The van der Waals surface area contributed by atoms with Gasteiger partial charge in [0.15, 0.2) is 0 Å². The lowest BCUT2D eigenvalue weighted by Gasteiger charge is -2.19. The van der Waals surface area contributed by atoms with E-state index in [1.54, 1.807) is 18.2 Å². The van der Waals surface area contributed by atoms with Crippen molar-refractivity contribution in [2.45, 2.75) is 18.9 Å². The molecule has 1 amide bonds. The third kappa shape index (κ3) is 4.14. The van der Waals surface area contributed by atoms with Gasteiger partial charge in [0.25, 0.3) is 5.91 Å². The highest BCUT2D eigenvalue weighted by Gasteiger charge is 2.18. The van der Waals surface area contributed by atoms with E-state index in [1.165, 1.54) is 24.3 Å². The van der Waals surface area contributed by atoms with Crippen LogP contribution in [0, 0.1) is 11.6 Å². The van der Waals surface area contributed by atoms with Crippen LogP contribution in [0.15, 0.2) is 42.5 Å². The molecule has 0 bridgehead atoms. The summed E-state index contributed by atoms with van der Waals surface area (Å²) in [6.07, 6.45) is 1.05. The highest BCUT2D eigenvalue weighted by molar-refractivity contribution is 5.94. The summed E-state index contributed by atoms with van der Waals surface area (Å²) in [7, 11) is 0. The number of benzene rings is 2. The maximum absolute atomic E-state index is 14.3. The maximum Gasteiger partial charge on any atom is 0.251 e. The van der Waals surface area contributed by atoms with Gasteiger partial charge in [0, 0.05) is 25.2 Å². The zero-order chi connectivity index (χ0) is 17.8. The van der Waals surface area contributed by atoms with Gasteiger partial charge in [-0.2, -0.15) is 0 Å². The van der Waals surface area contributed by atoms with Crippen LogP contribution in [0.4, 0.5) is 14.5 Å². The Hall–Kier alpha value is -2.47. The Labute approximate surface area is 145 Å². The van der Waals surface area contributed by atoms with E-state index in [9.17, 15) is 18.7 Å². The van der Waals surface area contributed by atoms with Gasteiger partial charge in [-0.15, -0.1) is 0 Å². The fourth-order valence-corrected chi connectivity index (χ4v) is 2.99. The summed E-state index contributed by atoms with van der Waals surface area (Å²) in [5.74, 6) is -1.37. The Morgan fingerprint density at radius 2 is 1.92 bits per heavy atom. The van der Waals surface area contributed by atoms with Crippen molar-refractivity contribution in [1.82, 2.24) is 5.32 Å². The largest absolute Gasteiger partial charge is 0.387 e. The first-order valence-electron chi connectivity index (χ1n) is 8.31. The zero-order valence-electron chi connectivity index (χ0n) is 13.7. The molecule has 1 aliphatic rings. The molecule has 2 aromatic carbocycles. The second-order valence-corrected chi connectivity index (χ2v) is 6.14. The molecule has 4 nitrogen and oxygen atoms in total. The smallest absolute Gasteiger partial charge is 0.251 e. The standard InChI is InChI=1S/C19H20F2N2O2/c20-15-5-3-4-13(10-15)18(24)12-22-19(25)14-6-7-17(16(21)11-14)23-8-1-2-9-23/h3-7,10-11,18,24H,1-2,8-9,12H2,(H,22,25)/t18-/m0/s1. The molecule has 1 fully saturated rings. The molecule has 3 rings (SSSR count). The number of amides is 1. The molecule has 132 valence electrons. The number of rotatable bonds is 5. The highest BCUT2D eigenvalue weighted by Crippen LogP contribution is 2.24. The number of halogens is 2. The molecule has 6 heteroatoms. The molecule has 1 atom stereocenters. The minimum Gasteiger partial charge on any atom is -0.387 e. The van der Waals surface area contributed by atoms with Crippen molar-refractivity contribution in [1.29, 1.82) is 0 Å². The van der Waals surface area contributed by atoms with Crippen LogP contribution in [0.25, 0.3) is 0 Å². The molecule has 1 aliphatic heterocycles. The SMILES string of the molecule is O=C(NC[C@H](O)c1cccc(F)c1)c1ccc(N2CCCC2)c(F)c1. The van der Waals surface area contributed by atoms with Gasteiger partial charge in [0.05, 0.1) is 11.8 Å². The maximum atomic E-state index is 14.3. The number of aliphatic hydroxyl groups is 1. The van der Waals surface area contributed by atoms with Crippen molar-refractivity contribution < 1.29 is 18.7 Å². The monoisotopic (exact) mass is 346 g/mol. The molecule has 1 heterocycles. The molecular weight excluding hydrogens is 326 g/mol. The Bertz CT molecular complexity index is 761. The topological polar surface area (TPSA) is 52.6 Å². The summed E-state index contributed by atoms with van der Waals surface area (Å²) in [5, 5.41) is 12.6. The number of hydrogen-bond acceptors (Lipinski definition) is 3. The molecule has 2 N–H and O–H groups in total.